The number of aromatic nitrogens is 3. The molecule has 0 amide bonds. The first-order valence-electron chi connectivity index (χ1n) is 8.19. The zero-order valence-electron chi connectivity index (χ0n) is 14.1. The van der Waals surface area contributed by atoms with E-state index in [1.165, 1.54) is 16.9 Å². The summed E-state index contributed by atoms with van der Waals surface area (Å²) in [5, 5.41) is 7.10. The molecule has 1 fully saturated rings. The van der Waals surface area contributed by atoms with Gasteiger partial charge >= 0.3 is 6.36 Å². The largest absolute Gasteiger partial charge is 0.573 e. The number of halogens is 4. The van der Waals surface area contributed by atoms with Gasteiger partial charge in [-0.05, 0) is 19.1 Å². The molecule has 1 aliphatic rings. The predicted molar refractivity (Wildman–Crippen MR) is 92.5 cm³/mol. The molecule has 3 heterocycles. The summed E-state index contributed by atoms with van der Waals surface area (Å²) in [5.41, 5.74) is 0.380. The second kappa shape index (κ2) is 6.61. The highest BCUT2D eigenvalue weighted by molar-refractivity contribution is 6.33. The molecule has 4 rings (SSSR count). The van der Waals surface area contributed by atoms with Gasteiger partial charge in [0.1, 0.15) is 5.69 Å². The number of hydrogen-bond acceptors (Lipinski definition) is 6. The molecule has 0 aliphatic carbocycles. The van der Waals surface area contributed by atoms with Crippen LogP contribution in [0.3, 0.4) is 0 Å². The third-order valence-electron chi connectivity index (χ3n) is 4.26. The van der Waals surface area contributed by atoms with Gasteiger partial charge in [0.25, 0.3) is 6.01 Å². The van der Waals surface area contributed by atoms with Crippen LogP contribution in [-0.4, -0.2) is 46.8 Å². The third kappa shape index (κ3) is 3.42. The molecule has 11 heteroatoms. The summed E-state index contributed by atoms with van der Waals surface area (Å²) in [6.45, 7) is 3.99. The minimum Gasteiger partial charge on any atom is -0.421 e. The summed E-state index contributed by atoms with van der Waals surface area (Å²) < 4.78 is 50.1. The van der Waals surface area contributed by atoms with E-state index in [-0.39, 0.29) is 28.2 Å². The summed E-state index contributed by atoms with van der Waals surface area (Å²) in [5.74, 6) is -0.590. The van der Waals surface area contributed by atoms with Gasteiger partial charge in [-0.1, -0.05) is 11.6 Å². The Hall–Kier alpha value is -2.46. The van der Waals surface area contributed by atoms with E-state index in [4.69, 9.17) is 16.0 Å². The minimum atomic E-state index is -4.91. The summed E-state index contributed by atoms with van der Waals surface area (Å²) in [4.78, 5) is 6.17. The fourth-order valence-electron chi connectivity index (χ4n) is 3.04. The Morgan fingerprint density at radius 1 is 1.41 bits per heavy atom. The molecule has 0 bridgehead atoms. The van der Waals surface area contributed by atoms with Crippen LogP contribution in [0.25, 0.3) is 16.8 Å². The number of hydrogen-bond donors (Lipinski definition) is 1. The maximum absolute atomic E-state index is 12.9. The predicted octanol–water partition coefficient (Wildman–Crippen LogP) is 3.36. The Morgan fingerprint density at radius 3 is 2.89 bits per heavy atom. The molecule has 3 aromatic rings. The van der Waals surface area contributed by atoms with Gasteiger partial charge < -0.3 is 19.4 Å². The van der Waals surface area contributed by atoms with E-state index < -0.39 is 12.1 Å². The van der Waals surface area contributed by atoms with Crippen molar-refractivity contribution < 1.29 is 22.3 Å². The molecule has 27 heavy (non-hydrogen) atoms. The second-order valence-corrected chi connectivity index (χ2v) is 6.53. The van der Waals surface area contributed by atoms with E-state index in [9.17, 15) is 13.2 Å². The van der Waals surface area contributed by atoms with Crippen molar-refractivity contribution in [2.24, 2.45) is 0 Å². The molecule has 144 valence electrons. The highest BCUT2D eigenvalue weighted by Crippen LogP contribution is 2.41. The van der Waals surface area contributed by atoms with Crippen molar-refractivity contribution in [3.8, 4) is 11.4 Å². The third-order valence-corrected chi connectivity index (χ3v) is 4.54. The van der Waals surface area contributed by atoms with Crippen molar-refractivity contribution in [2.75, 3.05) is 24.5 Å². The molecule has 0 radical (unpaired) electrons. The topological polar surface area (TPSA) is 68.3 Å². The number of fused-ring (bicyclic) bond motifs is 1. The highest BCUT2D eigenvalue weighted by atomic mass is 35.5. The number of benzene rings is 1. The van der Waals surface area contributed by atoms with E-state index in [2.05, 4.69) is 20.1 Å². The van der Waals surface area contributed by atoms with Crippen molar-refractivity contribution in [3.63, 3.8) is 0 Å². The van der Waals surface area contributed by atoms with Gasteiger partial charge in [0, 0.05) is 38.1 Å². The molecule has 1 aromatic carbocycles. The van der Waals surface area contributed by atoms with Gasteiger partial charge in [-0.3, -0.25) is 0 Å². The minimum absolute atomic E-state index is 0.0578. The van der Waals surface area contributed by atoms with Gasteiger partial charge in [-0.2, -0.15) is 10.1 Å². The molecule has 0 spiro atoms. The number of nitrogens with zero attached hydrogens (tertiary/aromatic N) is 4. The van der Waals surface area contributed by atoms with Gasteiger partial charge in [0.2, 0.25) is 0 Å². The first-order valence-corrected chi connectivity index (χ1v) is 8.57. The number of anilines is 1. The average molecular weight is 402 g/mol. The van der Waals surface area contributed by atoms with E-state index >= 15 is 0 Å². The smallest absolute Gasteiger partial charge is 0.421 e. The van der Waals surface area contributed by atoms with Crippen molar-refractivity contribution >= 4 is 28.7 Å². The first-order chi connectivity index (χ1) is 12.8. The number of piperazine rings is 1. The average Bonchev–Trinajstić information content (AvgIpc) is 3.26. The van der Waals surface area contributed by atoms with Crippen LogP contribution >= 0.6 is 11.6 Å². The van der Waals surface area contributed by atoms with E-state index in [1.54, 1.807) is 12.3 Å². The molecule has 1 atom stereocenters. The SMILES string of the molecule is CC1CNCCN1c1nc2c(OC(F)(F)F)c(Cl)cc(-n3cccn3)c2o1. The zero-order chi connectivity index (χ0) is 19.2. The Kier molecular flexibility index (Phi) is 4.39. The lowest BCUT2D eigenvalue weighted by molar-refractivity contribution is -0.274. The van der Waals surface area contributed by atoms with Crippen LogP contribution in [0.4, 0.5) is 19.2 Å². The monoisotopic (exact) mass is 401 g/mol. The van der Waals surface area contributed by atoms with Gasteiger partial charge in [-0.25, -0.2) is 4.68 Å². The van der Waals surface area contributed by atoms with Crippen LogP contribution < -0.4 is 15.0 Å². The lowest BCUT2D eigenvalue weighted by Gasteiger charge is -2.32. The Balaban J connectivity index is 1.91. The molecular weight excluding hydrogens is 387 g/mol. The van der Waals surface area contributed by atoms with Gasteiger partial charge in [0.15, 0.2) is 16.8 Å². The van der Waals surface area contributed by atoms with Gasteiger partial charge in [0.05, 0.1) is 5.02 Å². The van der Waals surface area contributed by atoms with Crippen LogP contribution in [0.2, 0.25) is 5.02 Å². The van der Waals surface area contributed by atoms with Crippen LogP contribution in [0.1, 0.15) is 6.92 Å². The molecule has 0 saturated carbocycles. The van der Waals surface area contributed by atoms with E-state index in [0.29, 0.717) is 25.3 Å². The summed E-state index contributed by atoms with van der Waals surface area (Å²) in [6.07, 6.45) is -1.74. The van der Waals surface area contributed by atoms with Crippen LogP contribution in [0, 0.1) is 0 Å². The molecule has 7 nitrogen and oxygen atoms in total. The molecular formula is C16H15ClF3N5O2. The number of nitrogens with one attached hydrogen (secondary N) is 1. The maximum atomic E-state index is 12.9. The molecule has 1 N–H and O–H groups in total. The number of rotatable bonds is 3. The van der Waals surface area contributed by atoms with Crippen molar-refractivity contribution in [1.29, 1.82) is 0 Å². The molecule has 1 saturated heterocycles. The zero-order valence-corrected chi connectivity index (χ0v) is 14.9. The van der Waals surface area contributed by atoms with Crippen LogP contribution in [-0.2, 0) is 0 Å². The van der Waals surface area contributed by atoms with Gasteiger partial charge in [-0.15, -0.1) is 13.2 Å². The summed E-state index contributed by atoms with van der Waals surface area (Å²) in [7, 11) is 0. The van der Waals surface area contributed by atoms with Crippen LogP contribution in [0.15, 0.2) is 28.9 Å². The fourth-order valence-corrected chi connectivity index (χ4v) is 3.27. The van der Waals surface area contributed by atoms with Crippen molar-refractivity contribution in [2.45, 2.75) is 19.3 Å². The van der Waals surface area contributed by atoms with Crippen molar-refractivity contribution in [3.05, 3.63) is 29.5 Å². The number of oxazole rings is 1. The van der Waals surface area contributed by atoms with E-state index in [1.807, 2.05) is 11.8 Å². The number of alkyl halides is 3. The Bertz CT molecular complexity index is 957. The van der Waals surface area contributed by atoms with Crippen molar-refractivity contribution in [1.82, 2.24) is 20.1 Å². The molecule has 1 unspecified atom stereocenters. The lowest BCUT2D eigenvalue weighted by atomic mass is 10.2. The maximum Gasteiger partial charge on any atom is 0.573 e. The standard InChI is InChI=1S/C16H15ClF3N5O2/c1-9-8-21-4-6-24(9)15-23-12-13(27-16(18,19)20)10(17)7-11(14(12)26-15)25-5-2-3-22-25/h2-3,5,7,9,21H,4,6,8H2,1H3. The first kappa shape index (κ1) is 17.9. The molecule has 1 aliphatic heterocycles. The highest BCUT2D eigenvalue weighted by Gasteiger charge is 2.35. The Labute approximate surface area is 156 Å². The number of ether oxygens (including phenoxy) is 1. The quantitative estimate of drug-likeness (QED) is 0.725. The Morgan fingerprint density at radius 2 is 2.22 bits per heavy atom. The van der Waals surface area contributed by atoms with Crippen LogP contribution in [0.5, 0.6) is 5.75 Å². The lowest BCUT2D eigenvalue weighted by Crippen LogP contribution is -2.50. The normalized spacial score (nSPS) is 18.3. The second-order valence-electron chi connectivity index (χ2n) is 6.13. The summed E-state index contributed by atoms with van der Waals surface area (Å²) >= 11 is 6.08. The summed E-state index contributed by atoms with van der Waals surface area (Å²) in [6, 6.07) is 3.26. The fraction of sp³-hybridized carbons (Fsp3) is 0.375. The van der Waals surface area contributed by atoms with E-state index in [0.717, 1.165) is 0 Å². The molecule has 2 aromatic heterocycles.